The van der Waals surface area contributed by atoms with Gasteiger partial charge >= 0.3 is 0 Å². The van der Waals surface area contributed by atoms with E-state index in [-0.39, 0.29) is 22.4 Å². The minimum Gasteiger partial charge on any atom is -0.507 e. The van der Waals surface area contributed by atoms with Crippen molar-refractivity contribution < 1.29 is 13.5 Å². The second-order valence-electron chi connectivity index (χ2n) is 7.33. The van der Waals surface area contributed by atoms with Crippen molar-refractivity contribution in [3.05, 3.63) is 58.1 Å². The van der Waals surface area contributed by atoms with Gasteiger partial charge in [-0.3, -0.25) is 5.32 Å². The second kappa shape index (κ2) is 7.94. The highest BCUT2D eigenvalue weighted by atomic mass is 79.9. The molecule has 6 heteroatoms. The summed E-state index contributed by atoms with van der Waals surface area (Å²) in [5.41, 5.74) is 1.19. The molecule has 2 aromatic carbocycles. The molecule has 2 N–H and O–H groups in total. The highest BCUT2D eigenvalue weighted by molar-refractivity contribution is 9.10. The summed E-state index contributed by atoms with van der Waals surface area (Å²) >= 11 is 3.35. The number of nitrogens with one attached hydrogen (secondary N) is 1. The fourth-order valence-corrected chi connectivity index (χ4v) is 6.37. The summed E-state index contributed by atoms with van der Waals surface area (Å²) < 4.78 is 27.1. The van der Waals surface area contributed by atoms with Crippen LogP contribution < -0.4 is 5.32 Å². The van der Waals surface area contributed by atoms with Gasteiger partial charge in [-0.05, 0) is 46.0 Å². The highest BCUT2D eigenvalue weighted by Gasteiger charge is 2.42. The molecule has 0 fully saturated rings. The van der Waals surface area contributed by atoms with Gasteiger partial charge in [-0.15, -0.1) is 0 Å². The number of sulfone groups is 1. The molecule has 0 unspecified atom stereocenters. The number of aromatic hydroxyl groups is 1. The molecule has 0 saturated heterocycles. The molecule has 27 heavy (non-hydrogen) atoms. The maximum atomic E-state index is 13.3. The van der Waals surface area contributed by atoms with E-state index in [2.05, 4.69) is 28.2 Å². The molecule has 0 aromatic heterocycles. The van der Waals surface area contributed by atoms with E-state index < -0.39 is 15.4 Å². The van der Waals surface area contributed by atoms with Crippen LogP contribution in [0.1, 0.15) is 56.7 Å². The van der Waals surface area contributed by atoms with E-state index in [1.807, 2.05) is 37.3 Å². The number of halogens is 1. The van der Waals surface area contributed by atoms with Crippen LogP contribution in [0, 0.1) is 0 Å². The van der Waals surface area contributed by atoms with Gasteiger partial charge in [0.25, 0.3) is 0 Å². The summed E-state index contributed by atoms with van der Waals surface area (Å²) in [7, 11) is -3.55. The van der Waals surface area contributed by atoms with Crippen molar-refractivity contribution in [2.24, 2.45) is 0 Å². The standard InChI is InChI=1S/C21H26BrNO3S/c1-3-5-11-21(4-2)14-27(25,26)19-13-18(24)17(22)12-16(19)20(23-21)15-9-7-6-8-10-15/h6-10,12-13,20,23-24H,3-5,11,14H2,1-2H3/t20-,21-/m0/s1. The van der Waals surface area contributed by atoms with E-state index in [1.165, 1.54) is 6.07 Å². The molecule has 1 aliphatic rings. The molecule has 0 saturated carbocycles. The van der Waals surface area contributed by atoms with Crippen molar-refractivity contribution in [2.45, 2.75) is 56.0 Å². The summed E-state index contributed by atoms with van der Waals surface area (Å²) in [6.07, 6.45) is 3.49. The Morgan fingerprint density at radius 3 is 2.56 bits per heavy atom. The van der Waals surface area contributed by atoms with Gasteiger partial charge in [0, 0.05) is 11.6 Å². The summed E-state index contributed by atoms with van der Waals surface area (Å²) in [4.78, 5) is 0.219. The zero-order valence-electron chi connectivity index (χ0n) is 15.7. The van der Waals surface area contributed by atoms with Gasteiger partial charge in [0.1, 0.15) is 5.75 Å². The maximum Gasteiger partial charge on any atom is 0.180 e. The predicted molar refractivity (Wildman–Crippen MR) is 112 cm³/mol. The van der Waals surface area contributed by atoms with E-state index in [0.29, 0.717) is 10.0 Å². The molecule has 2 atom stereocenters. The Labute approximate surface area is 170 Å². The summed E-state index contributed by atoms with van der Waals surface area (Å²) in [5.74, 6) is -0.0184. The lowest BCUT2D eigenvalue weighted by molar-refractivity contribution is 0.295. The zero-order valence-corrected chi connectivity index (χ0v) is 18.1. The minimum atomic E-state index is -3.55. The zero-order chi connectivity index (χ0) is 19.7. The van der Waals surface area contributed by atoms with Crippen molar-refractivity contribution in [3.8, 4) is 5.75 Å². The Kier molecular flexibility index (Phi) is 5.99. The number of rotatable bonds is 5. The lowest BCUT2D eigenvalue weighted by Crippen LogP contribution is -2.50. The van der Waals surface area contributed by atoms with Crippen LogP contribution in [0.3, 0.4) is 0 Å². The lowest BCUT2D eigenvalue weighted by atomic mass is 9.88. The SMILES string of the molecule is CCCC[C@@]1(CC)CS(=O)(=O)c2cc(O)c(Br)cc2[C@H](c2ccccc2)N1. The lowest BCUT2D eigenvalue weighted by Gasteiger charge is -2.36. The molecule has 0 amide bonds. The first-order chi connectivity index (χ1) is 12.8. The maximum absolute atomic E-state index is 13.3. The Balaban J connectivity index is 2.24. The van der Waals surface area contributed by atoms with Gasteiger partial charge in [-0.2, -0.15) is 0 Å². The van der Waals surface area contributed by atoms with E-state index in [0.717, 1.165) is 31.2 Å². The normalized spacial score (nSPS) is 24.2. The number of unbranched alkanes of at least 4 members (excludes halogenated alkanes) is 1. The van der Waals surface area contributed by atoms with Crippen molar-refractivity contribution >= 4 is 25.8 Å². The van der Waals surface area contributed by atoms with Gasteiger partial charge in [0.15, 0.2) is 9.84 Å². The number of fused-ring (bicyclic) bond motifs is 1. The van der Waals surface area contributed by atoms with Crippen LogP contribution in [0.5, 0.6) is 5.75 Å². The average Bonchev–Trinajstić information content (AvgIpc) is 2.75. The molecule has 4 nitrogen and oxygen atoms in total. The van der Waals surface area contributed by atoms with Gasteiger partial charge in [0.05, 0.1) is 21.2 Å². The second-order valence-corrected chi connectivity index (χ2v) is 10.1. The molecule has 2 aromatic rings. The van der Waals surface area contributed by atoms with Crippen molar-refractivity contribution in [1.29, 1.82) is 0 Å². The van der Waals surface area contributed by atoms with Crippen LogP contribution in [0.2, 0.25) is 0 Å². The van der Waals surface area contributed by atoms with E-state index in [9.17, 15) is 13.5 Å². The first-order valence-electron chi connectivity index (χ1n) is 9.40. The largest absolute Gasteiger partial charge is 0.507 e. The van der Waals surface area contributed by atoms with Crippen molar-refractivity contribution in [2.75, 3.05) is 5.75 Å². The molecule has 1 heterocycles. The third kappa shape index (κ3) is 4.08. The molecule has 1 aliphatic heterocycles. The summed E-state index contributed by atoms with van der Waals surface area (Å²) in [6, 6.07) is 12.8. The number of hydrogen-bond acceptors (Lipinski definition) is 4. The summed E-state index contributed by atoms with van der Waals surface area (Å²) in [5, 5.41) is 13.9. The third-order valence-corrected chi connectivity index (χ3v) is 8.05. The quantitative estimate of drug-likeness (QED) is 0.673. The number of phenols is 1. The van der Waals surface area contributed by atoms with Gasteiger partial charge < -0.3 is 5.11 Å². The number of hydrogen-bond donors (Lipinski definition) is 2. The average molecular weight is 452 g/mol. The van der Waals surface area contributed by atoms with E-state index in [4.69, 9.17) is 0 Å². The van der Waals surface area contributed by atoms with Crippen molar-refractivity contribution in [1.82, 2.24) is 5.32 Å². The monoisotopic (exact) mass is 451 g/mol. The molecule has 146 valence electrons. The molecule has 0 bridgehead atoms. The van der Waals surface area contributed by atoms with Crippen LogP contribution in [0.15, 0.2) is 51.8 Å². The number of phenolic OH excluding ortho intramolecular Hbond substituents is 1. The van der Waals surface area contributed by atoms with E-state index in [1.54, 1.807) is 6.07 Å². The minimum absolute atomic E-state index is 0.0356. The molecular weight excluding hydrogens is 426 g/mol. The Hall–Kier alpha value is -1.37. The summed E-state index contributed by atoms with van der Waals surface area (Å²) in [6.45, 7) is 4.16. The predicted octanol–water partition coefficient (Wildman–Crippen LogP) is 4.96. The first kappa shape index (κ1) is 20.4. The van der Waals surface area contributed by atoms with Crippen LogP contribution in [-0.4, -0.2) is 24.8 Å². The molecule has 0 spiro atoms. The smallest absolute Gasteiger partial charge is 0.180 e. The van der Waals surface area contributed by atoms with Crippen LogP contribution in [0.25, 0.3) is 0 Å². The van der Waals surface area contributed by atoms with E-state index >= 15 is 0 Å². The van der Waals surface area contributed by atoms with Crippen molar-refractivity contribution in [3.63, 3.8) is 0 Å². The molecule has 3 rings (SSSR count). The molecule has 0 radical (unpaired) electrons. The number of benzene rings is 2. The van der Waals surface area contributed by atoms with Gasteiger partial charge in [-0.25, -0.2) is 8.42 Å². The highest BCUT2D eigenvalue weighted by Crippen LogP contribution is 2.41. The van der Waals surface area contributed by atoms with Crippen LogP contribution in [0.4, 0.5) is 0 Å². The van der Waals surface area contributed by atoms with Gasteiger partial charge in [-0.1, -0.05) is 57.0 Å². The van der Waals surface area contributed by atoms with Gasteiger partial charge in [0.2, 0.25) is 0 Å². The fraction of sp³-hybridized carbons (Fsp3) is 0.429. The Morgan fingerprint density at radius 1 is 1.22 bits per heavy atom. The Bertz CT molecular complexity index is 915. The topological polar surface area (TPSA) is 66.4 Å². The molecular formula is C21H26BrNO3S. The van der Waals surface area contributed by atoms with Crippen LogP contribution in [-0.2, 0) is 9.84 Å². The Morgan fingerprint density at radius 2 is 1.93 bits per heavy atom. The van der Waals surface area contributed by atoms with Crippen LogP contribution >= 0.6 is 15.9 Å². The molecule has 0 aliphatic carbocycles. The third-order valence-electron chi connectivity index (χ3n) is 5.46. The first-order valence-corrected chi connectivity index (χ1v) is 11.8. The fourth-order valence-electron chi connectivity index (χ4n) is 3.87.